The molecule has 1 aliphatic carbocycles. The van der Waals surface area contributed by atoms with Crippen molar-refractivity contribution in [2.45, 2.75) is 52.4 Å². The van der Waals surface area contributed by atoms with E-state index >= 15 is 0 Å². The van der Waals surface area contributed by atoms with Crippen molar-refractivity contribution in [3.63, 3.8) is 0 Å². The smallest absolute Gasteiger partial charge is 0.168 e. The molecule has 1 aliphatic rings. The minimum atomic E-state index is -0.236. The summed E-state index contributed by atoms with van der Waals surface area (Å²) in [7, 11) is 0. The third-order valence-electron chi connectivity index (χ3n) is 5.44. The van der Waals surface area contributed by atoms with Gasteiger partial charge in [-0.25, -0.2) is 0 Å². The molecule has 2 aromatic rings. The number of Topliss-reactive ketones (excluding diaryl/α,β-unsaturated/α-hetero) is 1. The van der Waals surface area contributed by atoms with Crippen molar-refractivity contribution in [1.82, 2.24) is 0 Å². The molecule has 0 saturated heterocycles. The second-order valence-electron chi connectivity index (χ2n) is 7.41. The minimum Gasteiger partial charge on any atom is -0.294 e. The van der Waals surface area contributed by atoms with Crippen LogP contribution in [-0.4, -0.2) is 5.78 Å². The first-order valence-electron chi connectivity index (χ1n) is 8.67. The zero-order valence-electron chi connectivity index (χ0n) is 14.4. The SMILES string of the molecule is Cc1ccc(C)c(C2CCCC(C)(C(=O)c3ccccc3)C2)c1. The molecule has 2 aromatic carbocycles. The van der Waals surface area contributed by atoms with Crippen molar-refractivity contribution < 1.29 is 4.79 Å². The molecule has 0 heterocycles. The maximum atomic E-state index is 13.1. The topological polar surface area (TPSA) is 17.1 Å². The van der Waals surface area contributed by atoms with Crippen LogP contribution in [0, 0.1) is 19.3 Å². The fraction of sp³-hybridized carbons (Fsp3) is 0.409. The molecule has 0 radical (unpaired) electrons. The number of carbonyl (C=O) groups is 1. The minimum absolute atomic E-state index is 0.236. The van der Waals surface area contributed by atoms with Crippen LogP contribution in [0.4, 0.5) is 0 Å². The van der Waals surface area contributed by atoms with Crippen molar-refractivity contribution in [3.05, 3.63) is 70.8 Å². The van der Waals surface area contributed by atoms with Gasteiger partial charge in [-0.05, 0) is 50.2 Å². The summed E-state index contributed by atoms with van der Waals surface area (Å²) in [5, 5.41) is 0. The third kappa shape index (κ3) is 3.24. The van der Waals surface area contributed by atoms with E-state index in [0.717, 1.165) is 24.8 Å². The maximum absolute atomic E-state index is 13.1. The standard InChI is InChI=1S/C22H26O/c1-16-11-12-17(2)20(14-16)19-10-7-13-22(3,15-19)21(23)18-8-5-4-6-9-18/h4-6,8-9,11-12,14,19H,7,10,13,15H2,1-3H3. The maximum Gasteiger partial charge on any atom is 0.168 e. The Balaban J connectivity index is 1.88. The molecule has 0 spiro atoms. The van der Waals surface area contributed by atoms with Crippen LogP contribution in [0.2, 0.25) is 0 Å². The van der Waals surface area contributed by atoms with Gasteiger partial charge in [0.25, 0.3) is 0 Å². The number of ketones is 1. The number of hydrogen-bond acceptors (Lipinski definition) is 1. The first-order valence-corrected chi connectivity index (χ1v) is 8.67. The lowest BCUT2D eigenvalue weighted by Gasteiger charge is -2.38. The van der Waals surface area contributed by atoms with Crippen LogP contribution in [0.15, 0.2) is 48.5 Å². The Hall–Kier alpha value is -1.89. The molecule has 0 amide bonds. The summed E-state index contributed by atoms with van der Waals surface area (Å²) in [4.78, 5) is 13.1. The van der Waals surface area contributed by atoms with E-state index in [2.05, 4.69) is 39.0 Å². The Morgan fingerprint density at radius 1 is 1.09 bits per heavy atom. The fourth-order valence-electron chi connectivity index (χ4n) is 4.10. The number of carbonyl (C=O) groups excluding carboxylic acids is 1. The predicted octanol–water partition coefficient (Wildman–Crippen LogP) is 5.85. The molecular formula is C22H26O. The van der Waals surface area contributed by atoms with Crippen molar-refractivity contribution in [3.8, 4) is 0 Å². The van der Waals surface area contributed by atoms with Gasteiger partial charge in [0, 0.05) is 11.0 Å². The van der Waals surface area contributed by atoms with Crippen LogP contribution >= 0.6 is 0 Å². The monoisotopic (exact) mass is 306 g/mol. The van der Waals surface area contributed by atoms with Crippen LogP contribution in [0.3, 0.4) is 0 Å². The first-order chi connectivity index (χ1) is 11.0. The van der Waals surface area contributed by atoms with Crippen molar-refractivity contribution in [2.75, 3.05) is 0 Å². The Kier molecular flexibility index (Phi) is 4.39. The molecule has 0 N–H and O–H groups in total. The van der Waals surface area contributed by atoms with E-state index in [0.29, 0.717) is 11.7 Å². The molecule has 1 fully saturated rings. The molecule has 120 valence electrons. The second-order valence-corrected chi connectivity index (χ2v) is 7.41. The molecule has 1 heteroatoms. The van der Waals surface area contributed by atoms with E-state index in [1.807, 2.05) is 30.3 Å². The van der Waals surface area contributed by atoms with E-state index in [1.165, 1.54) is 23.1 Å². The van der Waals surface area contributed by atoms with E-state index in [1.54, 1.807) is 0 Å². The summed E-state index contributed by atoms with van der Waals surface area (Å²) in [6.45, 7) is 6.51. The second kappa shape index (κ2) is 6.31. The predicted molar refractivity (Wildman–Crippen MR) is 96.0 cm³/mol. The van der Waals surface area contributed by atoms with Gasteiger partial charge < -0.3 is 0 Å². The largest absolute Gasteiger partial charge is 0.294 e. The van der Waals surface area contributed by atoms with Crippen molar-refractivity contribution in [2.24, 2.45) is 5.41 Å². The highest BCUT2D eigenvalue weighted by Gasteiger charge is 2.39. The first kappa shape index (κ1) is 16.0. The molecule has 3 rings (SSSR count). The highest BCUT2D eigenvalue weighted by Crippen LogP contribution is 2.46. The van der Waals surface area contributed by atoms with Crippen LogP contribution in [0.1, 0.15) is 65.6 Å². The van der Waals surface area contributed by atoms with E-state index < -0.39 is 0 Å². The Morgan fingerprint density at radius 3 is 2.57 bits per heavy atom. The summed E-state index contributed by atoms with van der Waals surface area (Å²) >= 11 is 0. The number of aryl methyl sites for hydroxylation is 2. The van der Waals surface area contributed by atoms with Gasteiger partial charge >= 0.3 is 0 Å². The molecule has 2 unspecified atom stereocenters. The molecule has 0 bridgehead atoms. The lowest BCUT2D eigenvalue weighted by atomic mass is 9.65. The van der Waals surface area contributed by atoms with Crippen molar-refractivity contribution in [1.29, 1.82) is 0 Å². The van der Waals surface area contributed by atoms with E-state index in [4.69, 9.17) is 0 Å². The van der Waals surface area contributed by atoms with Gasteiger partial charge in [0.1, 0.15) is 0 Å². The summed E-state index contributed by atoms with van der Waals surface area (Å²) in [5.74, 6) is 0.814. The average Bonchev–Trinajstić information content (AvgIpc) is 2.57. The highest BCUT2D eigenvalue weighted by molar-refractivity contribution is 6.00. The molecule has 1 nitrogen and oxygen atoms in total. The fourth-order valence-corrected chi connectivity index (χ4v) is 4.10. The normalized spacial score (nSPS) is 24.4. The quantitative estimate of drug-likeness (QED) is 0.650. The Morgan fingerprint density at radius 2 is 1.83 bits per heavy atom. The summed E-state index contributed by atoms with van der Waals surface area (Å²) in [5.41, 5.74) is 4.73. The number of hydrogen-bond donors (Lipinski definition) is 0. The average molecular weight is 306 g/mol. The number of benzene rings is 2. The van der Waals surface area contributed by atoms with Gasteiger partial charge in [0.05, 0.1) is 0 Å². The van der Waals surface area contributed by atoms with Crippen LogP contribution in [0.25, 0.3) is 0 Å². The molecule has 23 heavy (non-hydrogen) atoms. The number of rotatable bonds is 3. The summed E-state index contributed by atoms with van der Waals surface area (Å²) in [6, 6.07) is 16.5. The summed E-state index contributed by atoms with van der Waals surface area (Å²) in [6.07, 6.45) is 4.29. The lowest BCUT2D eigenvalue weighted by Crippen LogP contribution is -2.33. The molecule has 2 atom stereocenters. The van der Waals surface area contributed by atoms with Crippen LogP contribution in [-0.2, 0) is 0 Å². The lowest BCUT2D eigenvalue weighted by molar-refractivity contribution is 0.0729. The molecular weight excluding hydrogens is 280 g/mol. The van der Waals surface area contributed by atoms with Gasteiger partial charge in [-0.1, -0.05) is 67.4 Å². The van der Waals surface area contributed by atoms with Gasteiger partial charge in [0.15, 0.2) is 5.78 Å². The van der Waals surface area contributed by atoms with Crippen LogP contribution < -0.4 is 0 Å². The Labute approximate surface area is 139 Å². The molecule has 1 saturated carbocycles. The Bertz CT molecular complexity index is 701. The van der Waals surface area contributed by atoms with Gasteiger partial charge in [-0.15, -0.1) is 0 Å². The zero-order valence-corrected chi connectivity index (χ0v) is 14.4. The molecule has 0 aromatic heterocycles. The zero-order chi connectivity index (χ0) is 16.4. The van der Waals surface area contributed by atoms with E-state index in [-0.39, 0.29) is 5.41 Å². The van der Waals surface area contributed by atoms with Crippen LogP contribution in [0.5, 0.6) is 0 Å². The van der Waals surface area contributed by atoms with Gasteiger partial charge in [-0.3, -0.25) is 4.79 Å². The van der Waals surface area contributed by atoms with E-state index in [9.17, 15) is 4.79 Å². The highest BCUT2D eigenvalue weighted by atomic mass is 16.1. The summed E-state index contributed by atoms with van der Waals surface area (Å²) < 4.78 is 0. The van der Waals surface area contributed by atoms with Gasteiger partial charge in [-0.2, -0.15) is 0 Å². The van der Waals surface area contributed by atoms with Crippen molar-refractivity contribution >= 4 is 5.78 Å². The van der Waals surface area contributed by atoms with Gasteiger partial charge in [0.2, 0.25) is 0 Å². The molecule has 0 aliphatic heterocycles. The third-order valence-corrected chi connectivity index (χ3v) is 5.44.